The summed E-state index contributed by atoms with van der Waals surface area (Å²) in [7, 11) is 0. The molecule has 37 heavy (non-hydrogen) atoms. The highest BCUT2D eigenvalue weighted by Crippen LogP contribution is 2.42. The number of carbonyl (C=O) groups excluding carboxylic acids is 2. The predicted octanol–water partition coefficient (Wildman–Crippen LogP) is 5.37. The molecule has 2 amide bonds. The Balaban J connectivity index is 1.35. The number of hydrogen-bond acceptors (Lipinski definition) is 3. The zero-order valence-electron chi connectivity index (χ0n) is 20.7. The molecule has 3 aromatic rings. The number of benzene rings is 2. The van der Waals surface area contributed by atoms with Crippen LogP contribution in [0.25, 0.3) is 22.8 Å². The molecule has 0 radical (unpaired) electrons. The number of likely N-dealkylation sites (tertiary alicyclic amines) is 1. The number of H-pyrrole nitrogens is 1. The van der Waals surface area contributed by atoms with Crippen LogP contribution in [0.1, 0.15) is 45.7 Å². The second kappa shape index (κ2) is 9.47. The van der Waals surface area contributed by atoms with E-state index >= 15 is 0 Å². The van der Waals surface area contributed by atoms with Gasteiger partial charge in [0.05, 0.1) is 11.1 Å². The van der Waals surface area contributed by atoms with Crippen LogP contribution in [0.2, 0.25) is 5.02 Å². The molecule has 0 unspecified atom stereocenters. The normalized spacial score (nSPS) is 18.5. The maximum absolute atomic E-state index is 14.9. The van der Waals surface area contributed by atoms with Gasteiger partial charge in [-0.05, 0) is 74.3 Å². The maximum atomic E-state index is 14.9. The first kappa shape index (κ1) is 23.9. The van der Waals surface area contributed by atoms with Gasteiger partial charge in [-0.25, -0.2) is 4.39 Å². The van der Waals surface area contributed by atoms with Gasteiger partial charge in [-0.1, -0.05) is 23.7 Å². The van der Waals surface area contributed by atoms with Gasteiger partial charge < -0.3 is 20.1 Å². The number of aromatic nitrogens is 1. The van der Waals surface area contributed by atoms with E-state index in [1.165, 1.54) is 18.9 Å². The van der Waals surface area contributed by atoms with Gasteiger partial charge in [0.2, 0.25) is 0 Å². The maximum Gasteiger partial charge on any atom is 0.256 e. The van der Waals surface area contributed by atoms with Crippen LogP contribution in [-0.4, -0.2) is 59.3 Å². The Labute approximate surface area is 220 Å². The van der Waals surface area contributed by atoms with Gasteiger partial charge in [-0.2, -0.15) is 0 Å². The standard InChI is InChI=1S/C29H28ClFN4O2/c1-17-25(32-24-9-12-35(29(37)26(17)24)14-13-34-10-2-3-11-34)16-21-27-20(5-4-6-23(27)33-28(21)36)19-8-7-18(30)15-22(19)31/h4-8,15-16,32H,2-3,9-14H2,1H3,(H,33,36). The van der Waals surface area contributed by atoms with E-state index in [0.29, 0.717) is 45.1 Å². The van der Waals surface area contributed by atoms with Crippen LogP contribution in [0, 0.1) is 12.7 Å². The Morgan fingerprint density at radius 2 is 1.84 bits per heavy atom. The Morgan fingerprint density at radius 3 is 2.62 bits per heavy atom. The molecule has 0 saturated carbocycles. The summed E-state index contributed by atoms with van der Waals surface area (Å²) in [5, 5.41) is 3.21. The zero-order chi connectivity index (χ0) is 25.7. The molecular formula is C29H28ClFN4O2. The molecule has 6 rings (SSSR count). The fourth-order valence-corrected chi connectivity index (χ4v) is 5.91. The Bertz CT molecular complexity index is 1450. The van der Waals surface area contributed by atoms with Crippen molar-refractivity contribution in [2.24, 2.45) is 0 Å². The minimum atomic E-state index is -0.453. The smallest absolute Gasteiger partial charge is 0.256 e. The van der Waals surface area contributed by atoms with Crippen molar-refractivity contribution in [1.29, 1.82) is 0 Å². The average molecular weight is 519 g/mol. The van der Waals surface area contributed by atoms with Gasteiger partial charge in [-0.15, -0.1) is 0 Å². The zero-order valence-corrected chi connectivity index (χ0v) is 21.4. The predicted molar refractivity (Wildman–Crippen MR) is 144 cm³/mol. The van der Waals surface area contributed by atoms with Crippen LogP contribution in [0.5, 0.6) is 0 Å². The third kappa shape index (κ3) is 4.26. The second-order valence-electron chi connectivity index (χ2n) is 9.97. The molecule has 3 aliphatic rings. The van der Waals surface area contributed by atoms with Gasteiger partial charge in [0.15, 0.2) is 0 Å². The van der Waals surface area contributed by atoms with Crippen LogP contribution in [-0.2, 0) is 11.2 Å². The number of amides is 2. The van der Waals surface area contributed by atoms with E-state index in [9.17, 15) is 14.0 Å². The minimum absolute atomic E-state index is 0.0408. The number of fused-ring (bicyclic) bond motifs is 2. The number of nitrogens with zero attached hydrogens (tertiary/aromatic N) is 2. The van der Waals surface area contributed by atoms with Crippen molar-refractivity contribution in [2.45, 2.75) is 26.2 Å². The van der Waals surface area contributed by atoms with E-state index in [0.717, 1.165) is 49.6 Å². The molecule has 4 heterocycles. The fraction of sp³-hybridized carbons (Fsp3) is 0.310. The molecule has 2 N–H and O–H groups in total. The van der Waals surface area contributed by atoms with Crippen LogP contribution in [0.4, 0.5) is 10.1 Å². The number of rotatable bonds is 5. The van der Waals surface area contributed by atoms with Crippen molar-refractivity contribution < 1.29 is 14.0 Å². The number of aromatic amines is 1. The van der Waals surface area contributed by atoms with E-state index in [1.54, 1.807) is 36.4 Å². The summed E-state index contributed by atoms with van der Waals surface area (Å²) < 4.78 is 14.9. The average Bonchev–Trinajstić information content (AvgIpc) is 3.58. The van der Waals surface area contributed by atoms with Crippen molar-refractivity contribution in [3.05, 3.63) is 75.3 Å². The van der Waals surface area contributed by atoms with Crippen molar-refractivity contribution in [1.82, 2.24) is 14.8 Å². The van der Waals surface area contributed by atoms with Gasteiger partial charge in [-0.3, -0.25) is 9.59 Å². The SMILES string of the molecule is Cc1c(C=C2C(=O)Nc3cccc(-c4ccc(Cl)cc4F)c32)[nH]c2c1C(=O)N(CCN1CCCC1)CC2. The molecule has 0 spiro atoms. The Morgan fingerprint density at radius 1 is 1.03 bits per heavy atom. The molecule has 0 aliphatic carbocycles. The highest BCUT2D eigenvalue weighted by atomic mass is 35.5. The van der Waals surface area contributed by atoms with Crippen molar-refractivity contribution in [3.63, 3.8) is 0 Å². The van der Waals surface area contributed by atoms with E-state index in [1.807, 2.05) is 11.8 Å². The van der Waals surface area contributed by atoms with E-state index in [2.05, 4.69) is 15.2 Å². The number of anilines is 1. The monoisotopic (exact) mass is 518 g/mol. The molecule has 0 bridgehead atoms. The molecule has 190 valence electrons. The first-order valence-electron chi connectivity index (χ1n) is 12.8. The molecule has 0 atom stereocenters. The van der Waals surface area contributed by atoms with E-state index in [-0.39, 0.29) is 11.8 Å². The summed E-state index contributed by atoms with van der Waals surface area (Å²) in [6.07, 6.45) is 5.00. The number of nitrogens with one attached hydrogen (secondary N) is 2. The third-order valence-corrected chi connectivity index (χ3v) is 7.96. The fourth-order valence-electron chi connectivity index (χ4n) is 5.75. The van der Waals surface area contributed by atoms with Crippen molar-refractivity contribution in [3.8, 4) is 11.1 Å². The lowest BCUT2D eigenvalue weighted by Gasteiger charge is -2.29. The summed E-state index contributed by atoms with van der Waals surface area (Å²) in [5.41, 5.74) is 5.83. The topological polar surface area (TPSA) is 68.4 Å². The van der Waals surface area contributed by atoms with Crippen LogP contribution in [0.15, 0.2) is 36.4 Å². The molecular weight excluding hydrogens is 491 g/mol. The summed E-state index contributed by atoms with van der Waals surface area (Å²) in [6, 6.07) is 9.93. The lowest BCUT2D eigenvalue weighted by molar-refractivity contribution is -0.110. The summed E-state index contributed by atoms with van der Waals surface area (Å²) in [5.74, 6) is -0.674. The van der Waals surface area contributed by atoms with Crippen LogP contribution in [0.3, 0.4) is 0 Å². The molecule has 1 aromatic heterocycles. The molecule has 8 heteroatoms. The third-order valence-electron chi connectivity index (χ3n) is 7.72. The molecule has 1 saturated heterocycles. The quantitative estimate of drug-likeness (QED) is 0.446. The van der Waals surface area contributed by atoms with E-state index in [4.69, 9.17) is 11.6 Å². The lowest BCUT2D eigenvalue weighted by atomic mass is 9.93. The highest BCUT2D eigenvalue weighted by molar-refractivity contribution is 6.36. The van der Waals surface area contributed by atoms with Gasteiger partial charge in [0.25, 0.3) is 11.8 Å². The summed E-state index contributed by atoms with van der Waals surface area (Å²) in [4.78, 5) is 34.2. The van der Waals surface area contributed by atoms with Gasteiger partial charge >= 0.3 is 0 Å². The first-order valence-corrected chi connectivity index (χ1v) is 13.1. The van der Waals surface area contributed by atoms with Crippen molar-refractivity contribution in [2.75, 3.05) is 38.0 Å². The molecule has 1 fully saturated rings. The molecule has 2 aromatic carbocycles. The molecule has 6 nitrogen and oxygen atoms in total. The first-order chi connectivity index (χ1) is 17.9. The lowest BCUT2D eigenvalue weighted by Crippen LogP contribution is -2.42. The highest BCUT2D eigenvalue weighted by Gasteiger charge is 2.32. The minimum Gasteiger partial charge on any atom is -0.358 e. The number of halogens is 2. The summed E-state index contributed by atoms with van der Waals surface area (Å²) >= 11 is 5.97. The van der Waals surface area contributed by atoms with Crippen LogP contribution >= 0.6 is 11.6 Å². The number of hydrogen-bond donors (Lipinski definition) is 2. The summed E-state index contributed by atoms with van der Waals surface area (Å²) in [6.45, 7) is 6.45. The van der Waals surface area contributed by atoms with Gasteiger partial charge in [0.1, 0.15) is 5.82 Å². The molecule has 3 aliphatic heterocycles. The van der Waals surface area contributed by atoms with Crippen LogP contribution < -0.4 is 5.32 Å². The van der Waals surface area contributed by atoms with Crippen molar-refractivity contribution >= 4 is 40.8 Å². The van der Waals surface area contributed by atoms with E-state index < -0.39 is 5.82 Å². The Hall–Kier alpha value is -3.42. The van der Waals surface area contributed by atoms with Gasteiger partial charge in [0, 0.05) is 59.3 Å². The largest absolute Gasteiger partial charge is 0.358 e. The Kier molecular flexibility index (Phi) is 6.13. The second-order valence-corrected chi connectivity index (χ2v) is 10.4. The number of carbonyl (C=O) groups is 2.